The van der Waals surface area contributed by atoms with Crippen molar-refractivity contribution in [3.8, 4) is 5.75 Å². The normalized spacial score (nSPS) is 12.5. The molecule has 0 aliphatic rings. The van der Waals surface area contributed by atoms with Gasteiger partial charge in [0.2, 0.25) is 5.78 Å². The minimum atomic E-state index is -5.02. The third kappa shape index (κ3) is 4.44. The zero-order valence-corrected chi connectivity index (χ0v) is 12.8. The summed E-state index contributed by atoms with van der Waals surface area (Å²) >= 11 is 0. The number of halogens is 3. The standard InChI is InChI=1S/C18H15F3O3/c1-12(17(23)18(19,20)21)16(22)14-7-9-15(10-8-14)24-11-13-5-3-2-4-6-13/h2-10,12H,11H2,1H3. The van der Waals surface area contributed by atoms with Gasteiger partial charge in [0, 0.05) is 5.56 Å². The van der Waals surface area contributed by atoms with Crippen LogP contribution in [0.3, 0.4) is 0 Å². The highest BCUT2D eigenvalue weighted by Crippen LogP contribution is 2.24. The lowest BCUT2D eigenvalue weighted by Crippen LogP contribution is -2.33. The van der Waals surface area contributed by atoms with Gasteiger partial charge in [-0.05, 0) is 36.8 Å². The smallest absolute Gasteiger partial charge is 0.450 e. The van der Waals surface area contributed by atoms with Gasteiger partial charge in [0.05, 0.1) is 5.92 Å². The molecule has 2 aromatic rings. The zero-order chi connectivity index (χ0) is 17.7. The first-order valence-corrected chi connectivity index (χ1v) is 7.21. The molecular weight excluding hydrogens is 321 g/mol. The van der Waals surface area contributed by atoms with E-state index in [2.05, 4.69) is 0 Å². The molecular formula is C18H15F3O3. The maximum Gasteiger partial charge on any atom is 0.450 e. The maximum absolute atomic E-state index is 12.4. The van der Waals surface area contributed by atoms with Crippen LogP contribution in [0.25, 0.3) is 0 Å². The van der Waals surface area contributed by atoms with Crippen LogP contribution in [0.15, 0.2) is 54.6 Å². The van der Waals surface area contributed by atoms with E-state index in [0.29, 0.717) is 12.4 Å². The summed E-state index contributed by atoms with van der Waals surface area (Å²) in [7, 11) is 0. The first kappa shape index (κ1) is 17.7. The summed E-state index contributed by atoms with van der Waals surface area (Å²) in [6, 6.07) is 15.1. The van der Waals surface area contributed by atoms with Gasteiger partial charge in [-0.2, -0.15) is 13.2 Å². The van der Waals surface area contributed by atoms with Gasteiger partial charge in [-0.25, -0.2) is 0 Å². The van der Waals surface area contributed by atoms with E-state index in [1.165, 1.54) is 24.3 Å². The Kier molecular flexibility index (Phi) is 5.39. The molecule has 0 aliphatic carbocycles. The van der Waals surface area contributed by atoms with Crippen LogP contribution in [0, 0.1) is 5.92 Å². The second-order valence-corrected chi connectivity index (χ2v) is 5.25. The molecule has 2 rings (SSSR count). The van der Waals surface area contributed by atoms with Crippen LogP contribution in [-0.2, 0) is 11.4 Å². The number of carbonyl (C=O) groups is 2. The van der Waals surface area contributed by atoms with Crippen molar-refractivity contribution in [2.24, 2.45) is 5.92 Å². The molecule has 126 valence electrons. The molecule has 0 spiro atoms. The largest absolute Gasteiger partial charge is 0.489 e. The quantitative estimate of drug-likeness (QED) is 0.586. The van der Waals surface area contributed by atoms with E-state index < -0.39 is 23.7 Å². The van der Waals surface area contributed by atoms with E-state index >= 15 is 0 Å². The molecule has 0 heterocycles. The Morgan fingerprint density at radius 3 is 2.12 bits per heavy atom. The van der Waals surface area contributed by atoms with Crippen LogP contribution in [0.2, 0.25) is 0 Å². The van der Waals surface area contributed by atoms with Crippen LogP contribution in [0.1, 0.15) is 22.8 Å². The van der Waals surface area contributed by atoms with E-state index in [-0.39, 0.29) is 5.56 Å². The Morgan fingerprint density at radius 2 is 1.58 bits per heavy atom. The summed E-state index contributed by atoms with van der Waals surface area (Å²) < 4.78 is 42.7. The molecule has 0 radical (unpaired) electrons. The Bertz CT molecular complexity index is 707. The van der Waals surface area contributed by atoms with Crippen LogP contribution in [-0.4, -0.2) is 17.7 Å². The number of hydrogen-bond donors (Lipinski definition) is 0. The van der Waals surface area contributed by atoms with Crippen molar-refractivity contribution < 1.29 is 27.5 Å². The molecule has 3 nitrogen and oxygen atoms in total. The van der Waals surface area contributed by atoms with E-state index in [4.69, 9.17) is 4.74 Å². The van der Waals surface area contributed by atoms with Crippen molar-refractivity contribution in [3.63, 3.8) is 0 Å². The first-order chi connectivity index (χ1) is 11.3. The predicted octanol–water partition coefficient (Wildman–Crippen LogP) is 4.22. The summed E-state index contributed by atoms with van der Waals surface area (Å²) in [5, 5.41) is 0. The minimum absolute atomic E-state index is 0.0344. The zero-order valence-electron chi connectivity index (χ0n) is 12.8. The molecule has 0 saturated heterocycles. The average Bonchev–Trinajstić information content (AvgIpc) is 2.58. The Hall–Kier alpha value is -2.63. The van der Waals surface area contributed by atoms with E-state index in [0.717, 1.165) is 12.5 Å². The maximum atomic E-state index is 12.4. The summed E-state index contributed by atoms with van der Waals surface area (Å²) in [6.07, 6.45) is -5.02. The number of benzene rings is 2. The second kappa shape index (κ2) is 7.29. The van der Waals surface area contributed by atoms with Crippen molar-refractivity contribution >= 4 is 11.6 Å². The lowest BCUT2D eigenvalue weighted by atomic mass is 9.95. The highest BCUT2D eigenvalue weighted by Gasteiger charge is 2.44. The first-order valence-electron chi connectivity index (χ1n) is 7.21. The fraction of sp³-hybridized carbons (Fsp3) is 0.222. The van der Waals surface area contributed by atoms with Gasteiger partial charge >= 0.3 is 6.18 Å². The summed E-state index contributed by atoms with van der Waals surface area (Å²) in [5.41, 5.74) is 0.995. The number of Topliss-reactive ketones (excluding diaryl/α,β-unsaturated/α-hetero) is 2. The lowest BCUT2D eigenvalue weighted by Gasteiger charge is -2.12. The van der Waals surface area contributed by atoms with Crippen molar-refractivity contribution in [1.29, 1.82) is 0 Å². The number of carbonyl (C=O) groups excluding carboxylic acids is 2. The SMILES string of the molecule is CC(C(=O)c1ccc(OCc2ccccc2)cc1)C(=O)C(F)(F)F. The number of ether oxygens (including phenoxy) is 1. The van der Waals surface area contributed by atoms with Crippen LogP contribution >= 0.6 is 0 Å². The lowest BCUT2D eigenvalue weighted by molar-refractivity contribution is -0.173. The number of rotatable bonds is 6. The highest BCUT2D eigenvalue weighted by atomic mass is 19.4. The number of ketones is 2. The van der Waals surface area contributed by atoms with E-state index in [9.17, 15) is 22.8 Å². The predicted molar refractivity (Wildman–Crippen MR) is 81.8 cm³/mol. The fourth-order valence-corrected chi connectivity index (χ4v) is 2.07. The van der Waals surface area contributed by atoms with Crippen molar-refractivity contribution in [3.05, 3.63) is 65.7 Å². The van der Waals surface area contributed by atoms with Gasteiger partial charge in [0.25, 0.3) is 0 Å². The minimum Gasteiger partial charge on any atom is -0.489 e. The van der Waals surface area contributed by atoms with Crippen molar-refractivity contribution in [2.45, 2.75) is 19.7 Å². The van der Waals surface area contributed by atoms with Crippen LogP contribution in [0.4, 0.5) is 13.2 Å². The van der Waals surface area contributed by atoms with Gasteiger partial charge < -0.3 is 4.74 Å². The van der Waals surface area contributed by atoms with Crippen molar-refractivity contribution in [2.75, 3.05) is 0 Å². The van der Waals surface area contributed by atoms with Gasteiger partial charge in [0.1, 0.15) is 12.4 Å². The fourth-order valence-electron chi connectivity index (χ4n) is 2.07. The van der Waals surface area contributed by atoms with E-state index in [1.807, 2.05) is 30.3 Å². The molecule has 0 N–H and O–H groups in total. The summed E-state index contributed by atoms with van der Waals surface area (Å²) in [4.78, 5) is 23.1. The number of alkyl halides is 3. The molecule has 24 heavy (non-hydrogen) atoms. The molecule has 6 heteroatoms. The molecule has 0 fully saturated rings. The number of hydrogen-bond acceptors (Lipinski definition) is 3. The molecule has 0 aliphatic heterocycles. The Labute approximate surface area is 137 Å². The average molecular weight is 336 g/mol. The molecule has 0 amide bonds. The van der Waals surface area contributed by atoms with Crippen molar-refractivity contribution in [1.82, 2.24) is 0 Å². The third-order valence-electron chi connectivity index (χ3n) is 3.45. The van der Waals surface area contributed by atoms with Gasteiger partial charge in [-0.1, -0.05) is 30.3 Å². The third-order valence-corrected chi connectivity index (χ3v) is 3.45. The molecule has 0 bridgehead atoms. The Balaban J connectivity index is 2.01. The second-order valence-electron chi connectivity index (χ2n) is 5.25. The molecule has 1 unspecified atom stereocenters. The molecule has 1 atom stereocenters. The molecule has 2 aromatic carbocycles. The topological polar surface area (TPSA) is 43.4 Å². The monoisotopic (exact) mass is 336 g/mol. The van der Waals surface area contributed by atoms with Gasteiger partial charge in [0.15, 0.2) is 5.78 Å². The van der Waals surface area contributed by atoms with Gasteiger partial charge in [-0.3, -0.25) is 9.59 Å². The van der Waals surface area contributed by atoms with Gasteiger partial charge in [-0.15, -0.1) is 0 Å². The molecule has 0 aromatic heterocycles. The molecule has 0 saturated carbocycles. The highest BCUT2D eigenvalue weighted by molar-refractivity contribution is 6.11. The van der Waals surface area contributed by atoms with Crippen LogP contribution in [0.5, 0.6) is 5.75 Å². The summed E-state index contributed by atoms with van der Waals surface area (Å²) in [6.45, 7) is 1.29. The van der Waals surface area contributed by atoms with Crippen LogP contribution < -0.4 is 4.74 Å². The summed E-state index contributed by atoms with van der Waals surface area (Å²) in [5.74, 6) is -4.20. The Morgan fingerprint density at radius 1 is 1.00 bits per heavy atom. The van der Waals surface area contributed by atoms with E-state index in [1.54, 1.807) is 0 Å².